The summed E-state index contributed by atoms with van der Waals surface area (Å²) in [5, 5.41) is 0. The number of hydrogen-bond acceptors (Lipinski definition) is 3. The van der Waals surface area contributed by atoms with Crippen LogP contribution in [0.15, 0.2) is 24.3 Å². The van der Waals surface area contributed by atoms with Crippen molar-refractivity contribution in [2.24, 2.45) is 0 Å². The fraction of sp³-hybridized carbons (Fsp3) is 0.417. The molecule has 16 heavy (non-hydrogen) atoms. The lowest BCUT2D eigenvalue weighted by molar-refractivity contribution is -0.121. The first kappa shape index (κ1) is 12.5. The molecule has 1 rings (SSSR count). The molecule has 0 radical (unpaired) electrons. The molecular weight excluding hydrogens is 204 g/mol. The Labute approximate surface area is 96.0 Å². The highest BCUT2D eigenvalue weighted by molar-refractivity contribution is 5.75. The molecule has 0 unspecified atom stereocenters. The summed E-state index contributed by atoms with van der Waals surface area (Å²) in [6, 6.07) is 7.82. The van der Waals surface area contributed by atoms with Gasteiger partial charge in [-0.1, -0.05) is 12.1 Å². The molecule has 0 aliphatic rings. The van der Waals surface area contributed by atoms with E-state index in [2.05, 4.69) is 10.9 Å². The van der Waals surface area contributed by atoms with Gasteiger partial charge in [0, 0.05) is 13.5 Å². The highest BCUT2D eigenvalue weighted by atomic mass is 16.5. The van der Waals surface area contributed by atoms with Gasteiger partial charge in [-0.2, -0.15) is 0 Å². The molecule has 0 aromatic heterocycles. The number of aryl methyl sites for hydroxylation is 1. The number of rotatable bonds is 6. The molecule has 2 N–H and O–H groups in total. The molecule has 1 aromatic carbocycles. The van der Waals surface area contributed by atoms with E-state index in [4.69, 9.17) is 4.74 Å². The van der Waals surface area contributed by atoms with E-state index in [0.29, 0.717) is 13.0 Å². The number of carbonyl (C=O) groups is 1. The first-order valence-corrected chi connectivity index (χ1v) is 5.43. The van der Waals surface area contributed by atoms with Crippen molar-refractivity contribution in [3.05, 3.63) is 29.8 Å². The summed E-state index contributed by atoms with van der Waals surface area (Å²) in [5.74, 6) is 0.863. The zero-order valence-corrected chi connectivity index (χ0v) is 9.75. The van der Waals surface area contributed by atoms with Crippen LogP contribution in [-0.2, 0) is 11.2 Å². The summed E-state index contributed by atoms with van der Waals surface area (Å²) >= 11 is 0. The molecule has 88 valence electrons. The number of nitrogens with one attached hydrogen (secondary N) is 2. The summed E-state index contributed by atoms with van der Waals surface area (Å²) in [5.41, 5.74) is 6.28. The Morgan fingerprint density at radius 1 is 1.31 bits per heavy atom. The normalized spacial score (nSPS) is 9.88. The third-order valence-corrected chi connectivity index (χ3v) is 2.14. The number of amides is 1. The van der Waals surface area contributed by atoms with Crippen LogP contribution in [0.4, 0.5) is 0 Å². The standard InChI is InChI=1S/C12H18N2O2/c1-3-16-11-7-4-10(5-8-11)6-9-12(15)14-13-2/h4-5,7-8,13H,3,6,9H2,1-2H3,(H,14,15). The lowest BCUT2D eigenvalue weighted by atomic mass is 10.1. The Morgan fingerprint density at radius 2 is 2.00 bits per heavy atom. The van der Waals surface area contributed by atoms with E-state index < -0.39 is 0 Å². The molecule has 0 heterocycles. The third-order valence-electron chi connectivity index (χ3n) is 2.14. The second-order valence-corrected chi connectivity index (χ2v) is 3.38. The minimum Gasteiger partial charge on any atom is -0.494 e. The molecule has 0 atom stereocenters. The van der Waals surface area contributed by atoms with Crippen molar-refractivity contribution in [1.29, 1.82) is 0 Å². The lowest BCUT2D eigenvalue weighted by Crippen LogP contribution is -2.34. The first-order chi connectivity index (χ1) is 7.76. The monoisotopic (exact) mass is 222 g/mol. The van der Waals surface area contributed by atoms with Gasteiger partial charge < -0.3 is 4.74 Å². The summed E-state index contributed by atoms with van der Waals surface area (Å²) in [7, 11) is 1.68. The zero-order chi connectivity index (χ0) is 11.8. The van der Waals surface area contributed by atoms with E-state index in [1.165, 1.54) is 0 Å². The van der Waals surface area contributed by atoms with Crippen molar-refractivity contribution in [2.75, 3.05) is 13.7 Å². The summed E-state index contributed by atoms with van der Waals surface area (Å²) in [6.07, 6.45) is 1.22. The molecule has 0 fully saturated rings. The fourth-order valence-electron chi connectivity index (χ4n) is 1.38. The molecule has 1 amide bonds. The number of hydrazine groups is 1. The van der Waals surface area contributed by atoms with Crippen LogP contribution in [0.5, 0.6) is 5.75 Å². The van der Waals surface area contributed by atoms with Crippen LogP contribution in [0.1, 0.15) is 18.9 Å². The van der Waals surface area contributed by atoms with Gasteiger partial charge in [0.25, 0.3) is 0 Å². The first-order valence-electron chi connectivity index (χ1n) is 5.43. The lowest BCUT2D eigenvalue weighted by Gasteiger charge is -2.05. The van der Waals surface area contributed by atoms with Gasteiger partial charge in [-0.3, -0.25) is 10.2 Å². The Morgan fingerprint density at radius 3 is 2.56 bits per heavy atom. The Balaban J connectivity index is 2.40. The second kappa shape index (κ2) is 6.85. The summed E-state index contributed by atoms with van der Waals surface area (Å²) < 4.78 is 5.34. The number of benzene rings is 1. The van der Waals surface area contributed by atoms with Crippen molar-refractivity contribution in [1.82, 2.24) is 10.9 Å². The van der Waals surface area contributed by atoms with Crippen LogP contribution >= 0.6 is 0 Å². The van der Waals surface area contributed by atoms with Gasteiger partial charge in [-0.15, -0.1) is 0 Å². The van der Waals surface area contributed by atoms with Crippen LogP contribution in [0.25, 0.3) is 0 Å². The summed E-state index contributed by atoms with van der Waals surface area (Å²) in [4.78, 5) is 11.2. The van der Waals surface area contributed by atoms with Gasteiger partial charge in [0.05, 0.1) is 6.61 Å². The maximum Gasteiger partial charge on any atom is 0.234 e. The van der Waals surface area contributed by atoms with E-state index in [1.807, 2.05) is 31.2 Å². The van der Waals surface area contributed by atoms with E-state index in [-0.39, 0.29) is 5.91 Å². The van der Waals surface area contributed by atoms with E-state index in [1.54, 1.807) is 7.05 Å². The van der Waals surface area contributed by atoms with Gasteiger partial charge in [0.2, 0.25) is 5.91 Å². The fourth-order valence-corrected chi connectivity index (χ4v) is 1.38. The smallest absolute Gasteiger partial charge is 0.234 e. The third kappa shape index (κ3) is 4.31. The Kier molecular flexibility index (Phi) is 5.36. The predicted molar refractivity (Wildman–Crippen MR) is 63.1 cm³/mol. The van der Waals surface area contributed by atoms with E-state index in [0.717, 1.165) is 17.7 Å². The molecule has 4 heteroatoms. The zero-order valence-electron chi connectivity index (χ0n) is 9.75. The van der Waals surface area contributed by atoms with Crippen molar-refractivity contribution in [3.8, 4) is 5.75 Å². The van der Waals surface area contributed by atoms with E-state index in [9.17, 15) is 4.79 Å². The molecule has 1 aromatic rings. The Hall–Kier alpha value is -1.55. The SMILES string of the molecule is CCOc1ccc(CCC(=O)NNC)cc1. The van der Waals surface area contributed by atoms with Crippen molar-refractivity contribution in [3.63, 3.8) is 0 Å². The van der Waals surface area contributed by atoms with Crippen LogP contribution in [0.2, 0.25) is 0 Å². The number of hydrogen-bond donors (Lipinski definition) is 2. The largest absolute Gasteiger partial charge is 0.494 e. The molecule has 0 aliphatic carbocycles. The van der Waals surface area contributed by atoms with Crippen LogP contribution in [-0.4, -0.2) is 19.6 Å². The number of ether oxygens (including phenoxy) is 1. The quantitative estimate of drug-likeness (QED) is 0.713. The summed E-state index contributed by atoms with van der Waals surface area (Å²) in [6.45, 7) is 2.62. The molecule has 4 nitrogen and oxygen atoms in total. The average Bonchev–Trinajstić information content (AvgIpc) is 2.29. The molecule has 0 saturated heterocycles. The maximum absolute atomic E-state index is 11.2. The van der Waals surface area contributed by atoms with Gasteiger partial charge >= 0.3 is 0 Å². The van der Waals surface area contributed by atoms with Gasteiger partial charge in [-0.25, -0.2) is 5.43 Å². The van der Waals surface area contributed by atoms with E-state index >= 15 is 0 Å². The van der Waals surface area contributed by atoms with Crippen LogP contribution in [0, 0.1) is 0 Å². The Bertz CT molecular complexity index is 322. The maximum atomic E-state index is 11.2. The molecule has 0 aliphatic heterocycles. The molecule has 0 spiro atoms. The minimum absolute atomic E-state index is 0.00335. The van der Waals surface area contributed by atoms with Crippen molar-refractivity contribution >= 4 is 5.91 Å². The highest BCUT2D eigenvalue weighted by Gasteiger charge is 2.00. The topological polar surface area (TPSA) is 50.4 Å². The van der Waals surface area contributed by atoms with Gasteiger partial charge in [0.15, 0.2) is 0 Å². The van der Waals surface area contributed by atoms with Gasteiger partial charge in [-0.05, 0) is 31.0 Å². The van der Waals surface area contributed by atoms with Crippen LogP contribution < -0.4 is 15.6 Å². The average molecular weight is 222 g/mol. The molecular formula is C12H18N2O2. The predicted octanol–water partition coefficient (Wildman–Crippen LogP) is 1.27. The van der Waals surface area contributed by atoms with Gasteiger partial charge in [0.1, 0.15) is 5.75 Å². The second-order valence-electron chi connectivity index (χ2n) is 3.38. The van der Waals surface area contributed by atoms with Crippen LogP contribution in [0.3, 0.4) is 0 Å². The minimum atomic E-state index is -0.00335. The van der Waals surface area contributed by atoms with Crippen molar-refractivity contribution in [2.45, 2.75) is 19.8 Å². The molecule has 0 saturated carbocycles. The number of carbonyl (C=O) groups excluding carboxylic acids is 1. The highest BCUT2D eigenvalue weighted by Crippen LogP contribution is 2.13. The molecule has 0 bridgehead atoms. The van der Waals surface area contributed by atoms with Crippen molar-refractivity contribution < 1.29 is 9.53 Å².